The molecule has 16 heavy (non-hydrogen) atoms. The number of phenols is 1. The van der Waals surface area contributed by atoms with Gasteiger partial charge in [0, 0.05) is 6.42 Å². The molecule has 0 bridgehead atoms. The number of hydrogen-bond donors (Lipinski definition) is 3. The number of imidazole rings is 1. The van der Waals surface area contributed by atoms with Crippen molar-refractivity contribution in [2.45, 2.75) is 12.8 Å². The van der Waals surface area contributed by atoms with E-state index < -0.39 is 0 Å². The number of aromatic amines is 1. The Morgan fingerprint density at radius 1 is 1.31 bits per heavy atom. The number of phenolic OH excluding ortho intramolecular Hbond substituents is 1. The van der Waals surface area contributed by atoms with E-state index in [1.54, 1.807) is 12.1 Å². The second kappa shape index (κ2) is 6.58. The van der Waals surface area contributed by atoms with E-state index in [0.29, 0.717) is 12.1 Å². The minimum absolute atomic E-state index is 0. The molecule has 0 aliphatic rings. The SMILES string of the molecule is Cl.Cl.NCCCc1nc2c(O)cccc2[nH]1. The van der Waals surface area contributed by atoms with E-state index in [9.17, 15) is 5.11 Å². The summed E-state index contributed by atoms with van der Waals surface area (Å²) < 4.78 is 0. The largest absolute Gasteiger partial charge is 0.506 e. The second-order valence-corrected chi connectivity index (χ2v) is 3.25. The van der Waals surface area contributed by atoms with Crippen LogP contribution in [-0.4, -0.2) is 21.6 Å². The summed E-state index contributed by atoms with van der Waals surface area (Å²) in [7, 11) is 0. The van der Waals surface area contributed by atoms with E-state index in [4.69, 9.17) is 5.73 Å². The monoisotopic (exact) mass is 263 g/mol. The Labute approximate surface area is 106 Å². The van der Waals surface area contributed by atoms with Crippen LogP contribution in [0.25, 0.3) is 11.0 Å². The molecule has 0 radical (unpaired) electrons. The molecule has 0 aliphatic carbocycles. The molecular weight excluding hydrogens is 249 g/mol. The van der Waals surface area contributed by atoms with E-state index in [2.05, 4.69) is 9.97 Å². The van der Waals surface area contributed by atoms with Crippen LogP contribution in [0.2, 0.25) is 0 Å². The fraction of sp³-hybridized carbons (Fsp3) is 0.300. The first-order valence-electron chi connectivity index (χ1n) is 4.68. The van der Waals surface area contributed by atoms with Gasteiger partial charge in [-0.15, -0.1) is 24.8 Å². The highest BCUT2D eigenvalue weighted by atomic mass is 35.5. The van der Waals surface area contributed by atoms with Gasteiger partial charge in [0.1, 0.15) is 17.1 Å². The zero-order chi connectivity index (χ0) is 9.97. The lowest BCUT2D eigenvalue weighted by molar-refractivity contribution is 0.480. The van der Waals surface area contributed by atoms with Gasteiger partial charge in [-0.25, -0.2) is 4.98 Å². The number of hydrogen-bond acceptors (Lipinski definition) is 3. The molecule has 1 aromatic carbocycles. The number of rotatable bonds is 3. The highest BCUT2D eigenvalue weighted by molar-refractivity contribution is 5.85. The van der Waals surface area contributed by atoms with E-state index >= 15 is 0 Å². The number of nitrogens with one attached hydrogen (secondary N) is 1. The Kier molecular flexibility index (Phi) is 6.18. The standard InChI is InChI=1S/C10H13N3O.2ClH/c11-6-2-5-9-12-7-3-1-4-8(14)10(7)13-9;;/h1,3-4,14H,2,5-6,11H2,(H,12,13);2*1H. The first-order valence-corrected chi connectivity index (χ1v) is 4.68. The number of nitrogens with two attached hydrogens (primary N) is 1. The van der Waals surface area contributed by atoms with Crippen molar-refractivity contribution in [1.82, 2.24) is 9.97 Å². The fourth-order valence-electron chi connectivity index (χ4n) is 1.46. The van der Waals surface area contributed by atoms with Gasteiger partial charge in [-0.05, 0) is 25.1 Å². The molecular formula is C10H15Cl2N3O. The van der Waals surface area contributed by atoms with Crippen LogP contribution in [0.1, 0.15) is 12.2 Å². The number of aromatic nitrogens is 2. The Hall–Kier alpha value is -0.970. The summed E-state index contributed by atoms with van der Waals surface area (Å²) in [6.45, 7) is 0.656. The van der Waals surface area contributed by atoms with Gasteiger partial charge in [0.15, 0.2) is 0 Å². The van der Waals surface area contributed by atoms with Crippen LogP contribution in [0.4, 0.5) is 0 Å². The molecule has 0 aliphatic heterocycles. The van der Waals surface area contributed by atoms with Gasteiger partial charge in [-0.3, -0.25) is 0 Å². The molecule has 0 fully saturated rings. The topological polar surface area (TPSA) is 74.9 Å². The molecule has 90 valence electrons. The molecule has 0 atom stereocenters. The van der Waals surface area contributed by atoms with Gasteiger partial charge in [0.05, 0.1) is 5.52 Å². The summed E-state index contributed by atoms with van der Waals surface area (Å²) in [5.74, 6) is 1.10. The van der Waals surface area contributed by atoms with Gasteiger partial charge in [-0.2, -0.15) is 0 Å². The maximum absolute atomic E-state index is 9.50. The highest BCUT2D eigenvalue weighted by Crippen LogP contribution is 2.21. The van der Waals surface area contributed by atoms with E-state index in [0.717, 1.165) is 24.2 Å². The van der Waals surface area contributed by atoms with Crippen molar-refractivity contribution in [2.75, 3.05) is 6.54 Å². The summed E-state index contributed by atoms with van der Waals surface area (Å²) in [5, 5.41) is 9.50. The van der Waals surface area contributed by atoms with Crippen molar-refractivity contribution >= 4 is 35.8 Å². The van der Waals surface area contributed by atoms with Gasteiger partial charge >= 0.3 is 0 Å². The average Bonchev–Trinajstić information content (AvgIpc) is 2.59. The van der Waals surface area contributed by atoms with Gasteiger partial charge in [0.25, 0.3) is 0 Å². The number of fused-ring (bicyclic) bond motifs is 1. The van der Waals surface area contributed by atoms with Crippen LogP contribution in [0.5, 0.6) is 5.75 Å². The molecule has 2 rings (SSSR count). The second-order valence-electron chi connectivity index (χ2n) is 3.25. The molecule has 4 N–H and O–H groups in total. The van der Waals surface area contributed by atoms with Gasteiger partial charge in [0.2, 0.25) is 0 Å². The van der Waals surface area contributed by atoms with Crippen molar-refractivity contribution in [3.63, 3.8) is 0 Å². The minimum atomic E-state index is 0. The van der Waals surface area contributed by atoms with Gasteiger partial charge in [-0.1, -0.05) is 6.07 Å². The molecule has 1 aromatic heterocycles. The predicted octanol–water partition coefficient (Wildman–Crippen LogP) is 2.00. The van der Waals surface area contributed by atoms with Crippen molar-refractivity contribution < 1.29 is 5.11 Å². The summed E-state index contributed by atoms with van der Waals surface area (Å²) in [5.41, 5.74) is 6.92. The third-order valence-electron chi connectivity index (χ3n) is 2.16. The van der Waals surface area contributed by atoms with Crippen LogP contribution in [0, 0.1) is 0 Å². The number of H-pyrrole nitrogens is 1. The molecule has 6 heteroatoms. The molecule has 2 aromatic rings. The maximum atomic E-state index is 9.50. The highest BCUT2D eigenvalue weighted by Gasteiger charge is 2.05. The Morgan fingerprint density at radius 3 is 2.69 bits per heavy atom. The smallest absolute Gasteiger partial charge is 0.143 e. The summed E-state index contributed by atoms with van der Waals surface area (Å²) in [4.78, 5) is 7.43. The number of para-hydroxylation sites is 1. The fourth-order valence-corrected chi connectivity index (χ4v) is 1.46. The lowest BCUT2D eigenvalue weighted by Gasteiger charge is -1.91. The lowest BCUT2D eigenvalue weighted by Crippen LogP contribution is -2.01. The molecule has 0 amide bonds. The third kappa shape index (κ3) is 3.01. The van der Waals surface area contributed by atoms with Crippen LogP contribution >= 0.6 is 24.8 Å². The molecule has 0 saturated heterocycles. The first-order chi connectivity index (χ1) is 6.81. The van der Waals surface area contributed by atoms with Crippen LogP contribution in [0.3, 0.4) is 0 Å². The molecule has 4 nitrogen and oxygen atoms in total. The summed E-state index contributed by atoms with van der Waals surface area (Å²) in [6, 6.07) is 5.33. The normalized spacial score (nSPS) is 9.56. The first kappa shape index (κ1) is 15.0. The lowest BCUT2D eigenvalue weighted by atomic mass is 10.3. The van der Waals surface area contributed by atoms with E-state index in [1.165, 1.54) is 0 Å². The zero-order valence-corrected chi connectivity index (χ0v) is 10.3. The van der Waals surface area contributed by atoms with Crippen molar-refractivity contribution in [3.05, 3.63) is 24.0 Å². The quantitative estimate of drug-likeness (QED) is 0.793. The van der Waals surface area contributed by atoms with Crippen molar-refractivity contribution in [3.8, 4) is 5.75 Å². The molecule has 0 saturated carbocycles. The predicted molar refractivity (Wildman–Crippen MR) is 69.6 cm³/mol. The molecule has 0 unspecified atom stereocenters. The van der Waals surface area contributed by atoms with E-state index in [-0.39, 0.29) is 30.6 Å². The van der Waals surface area contributed by atoms with Crippen LogP contribution in [-0.2, 0) is 6.42 Å². The Balaban J connectivity index is 0.00000112. The maximum Gasteiger partial charge on any atom is 0.143 e. The number of nitrogens with zero attached hydrogens (tertiary/aromatic N) is 1. The number of aromatic hydroxyl groups is 1. The van der Waals surface area contributed by atoms with Crippen LogP contribution < -0.4 is 5.73 Å². The Bertz CT molecular complexity index is 445. The number of benzene rings is 1. The number of halogens is 2. The molecule has 1 heterocycles. The number of aryl methyl sites for hydroxylation is 1. The summed E-state index contributed by atoms with van der Waals surface area (Å²) in [6.07, 6.45) is 1.73. The Morgan fingerprint density at radius 2 is 2.06 bits per heavy atom. The summed E-state index contributed by atoms with van der Waals surface area (Å²) >= 11 is 0. The molecule has 0 spiro atoms. The van der Waals surface area contributed by atoms with Crippen molar-refractivity contribution in [2.24, 2.45) is 5.73 Å². The van der Waals surface area contributed by atoms with Crippen LogP contribution in [0.15, 0.2) is 18.2 Å². The average molecular weight is 264 g/mol. The zero-order valence-electron chi connectivity index (χ0n) is 8.64. The van der Waals surface area contributed by atoms with E-state index in [1.807, 2.05) is 6.07 Å². The minimum Gasteiger partial charge on any atom is -0.506 e. The third-order valence-corrected chi connectivity index (χ3v) is 2.16. The van der Waals surface area contributed by atoms with Crippen molar-refractivity contribution in [1.29, 1.82) is 0 Å². The van der Waals surface area contributed by atoms with Gasteiger partial charge < -0.3 is 15.8 Å².